The lowest BCUT2D eigenvalue weighted by atomic mass is 9.91. The number of hydrogen-bond donors (Lipinski definition) is 3. The third-order valence-corrected chi connectivity index (χ3v) is 2.62. The van der Waals surface area contributed by atoms with Crippen LogP contribution in [0.5, 0.6) is 11.5 Å². The van der Waals surface area contributed by atoms with Gasteiger partial charge in [-0.1, -0.05) is 5.92 Å². The van der Waals surface area contributed by atoms with Crippen molar-refractivity contribution >= 4 is 5.97 Å². The number of phenols is 2. The molecule has 18 heavy (non-hydrogen) atoms. The first-order valence-corrected chi connectivity index (χ1v) is 5.24. The number of hydrogen-bond acceptors (Lipinski definition) is 5. The number of aromatic hydroxyl groups is 2. The molecule has 1 aromatic carbocycles. The molecule has 5 nitrogen and oxygen atoms in total. The number of methoxy groups -OCH3 is 1. The van der Waals surface area contributed by atoms with Crippen molar-refractivity contribution in [3.63, 3.8) is 0 Å². The van der Waals surface area contributed by atoms with Gasteiger partial charge < -0.3 is 14.9 Å². The molecule has 1 aromatic rings. The quantitative estimate of drug-likeness (QED) is 0.541. The summed E-state index contributed by atoms with van der Waals surface area (Å²) < 4.78 is 4.71. The van der Waals surface area contributed by atoms with Gasteiger partial charge in [0.15, 0.2) is 0 Å². The molecule has 0 aromatic heterocycles. The summed E-state index contributed by atoms with van der Waals surface area (Å²) in [5, 5.41) is 21.7. The maximum Gasteiger partial charge on any atom is 0.330 e. The van der Waals surface area contributed by atoms with E-state index in [2.05, 4.69) is 11.2 Å². The van der Waals surface area contributed by atoms with Crippen molar-refractivity contribution in [2.75, 3.05) is 13.7 Å². The van der Waals surface area contributed by atoms with Crippen molar-refractivity contribution in [2.24, 2.45) is 0 Å². The minimum absolute atomic E-state index is 0.141. The highest BCUT2D eigenvalue weighted by Crippen LogP contribution is 2.29. The van der Waals surface area contributed by atoms with Gasteiger partial charge in [-0.05, 0) is 24.6 Å². The van der Waals surface area contributed by atoms with Crippen LogP contribution in [0.2, 0.25) is 0 Å². The monoisotopic (exact) mass is 249 g/mol. The molecular weight excluding hydrogens is 234 g/mol. The zero-order valence-electron chi connectivity index (χ0n) is 10.2. The molecule has 1 rings (SSSR count). The predicted molar refractivity (Wildman–Crippen MR) is 66.0 cm³/mol. The molecule has 0 spiro atoms. The lowest BCUT2D eigenvalue weighted by Gasteiger charge is -2.27. The molecule has 3 N–H and O–H groups in total. The second-order valence-electron chi connectivity index (χ2n) is 3.91. The molecule has 0 aliphatic heterocycles. The van der Waals surface area contributed by atoms with Crippen molar-refractivity contribution in [3.8, 4) is 23.8 Å². The molecule has 0 fully saturated rings. The van der Waals surface area contributed by atoms with Gasteiger partial charge in [-0.15, -0.1) is 6.42 Å². The van der Waals surface area contributed by atoms with Crippen molar-refractivity contribution < 1.29 is 19.7 Å². The molecular formula is C13H15NO4. The number of esters is 1. The Kier molecular flexibility index (Phi) is 4.18. The molecule has 0 aliphatic rings. The van der Waals surface area contributed by atoms with E-state index in [1.165, 1.54) is 25.3 Å². The summed E-state index contributed by atoms with van der Waals surface area (Å²) in [4.78, 5) is 11.8. The summed E-state index contributed by atoms with van der Waals surface area (Å²) in [7, 11) is 1.25. The van der Waals surface area contributed by atoms with Gasteiger partial charge >= 0.3 is 5.97 Å². The third-order valence-electron chi connectivity index (χ3n) is 2.62. The molecule has 5 heteroatoms. The minimum atomic E-state index is -1.24. The largest absolute Gasteiger partial charge is 0.508 e. The summed E-state index contributed by atoms with van der Waals surface area (Å²) in [6.07, 6.45) is 5.15. The van der Waals surface area contributed by atoms with E-state index < -0.39 is 11.5 Å². The fourth-order valence-electron chi connectivity index (χ4n) is 1.61. The van der Waals surface area contributed by atoms with Crippen molar-refractivity contribution in [3.05, 3.63) is 23.8 Å². The van der Waals surface area contributed by atoms with Crippen LogP contribution in [0.4, 0.5) is 0 Å². The standard InChI is InChI=1S/C13H15NO4/c1-4-5-14-13(2,12(17)18-3)9-6-10(15)8-11(16)7-9/h1,6-8,14-16H,5H2,2-3H3. The van der Waals surface area contributed by atoms with Crippen molar-refractivity contribution in [1.82, 2.24) is 5.32 Å². The van der Waals surface area contributed by atoms with Crippen LogP contribution in [-0.4, -0.2) is 29.8 Å². The van der Waals surface area contributed by atoms with E-state index >= 15 is 0 Å². The maximum atomic E-state index is 11.8. The van der Waals surface area contributed by atoms with Gasteiger partial charge in [0.1, 0.15) is 17.0 Å². The van der Waals surface area contributed by atoms with Crippen LogP contribution in [0, 0.1) is 12.3 Å². The number of benzene rings is 1. The fourth-order valence-corrected chi connectivity index (χ4v) is 1.61. The Balaban J connectivity index is 3.25. The van der Waals surface area contributed by atoms with Gasteiger partial charge in [0.2, 0.25) is 0 Å². The van der Waals surface area contributed by atoms with E-state index in [0.29, 0.717) is 5.56 Å². The van der Waals surface area contributed by atoms with Gasteiger partial charge in [0.05, 0.1) is 13.7 Å². The Hall–Kier alpha value is -2.19. The van der Waals surface area contributed by atoms with Crippen LogP contribution in [0.3, 0.4) is 0 Å². The molecule has 0 heterocycles. The second kappa shape index (κ2) is 5.43. The van der Waals surface area contributed by atoms with Crippen LogP contribution in [-0.2, 0) is 15.1 Å². The van der Waals surface area contributed by atoms with Gasteiger partial charge in [0.25, 0.3) is 0 Å². The molecule has 96 valence electrons. The average molecular weight is 249 g/mol. The van der Waals surface area contributed by atoms with Gasteiger partial charge in [-0.25, -0.2) is 4.79 Å². The van der Waals surface area contributed by atoms with Crippen LogP contribution >= 0.6 is 0 Å². The Morgan fingerprint density at radius 1 is 1.44 bits per heavy atom. The fraction of sp³-hybridized carbons (Fsp3) is 0.308. The van der Waals surface area contributed by atoms with E-state index in [-0.39, 0.29) is 18.0 Å². The van der Waals surface area contributed by atoms with Crippen LogP contribution < -0.4 is 5.32 Å². The maximum absolute atomic E-state index is 11.8. The number of rotatable bonds is 4. The van der Waals surface area contributed by atoms with Crippen LogP contribution in [0.15, 0.2) is 18.2 Å². The first kappa shape index (κ1) is 13.9. The molecule has 1 atom stereocenters. The molecule has 0 saturated heterocycles. The smallest absolute Gasteiger partial charge is 0.330 e. The lowest BCUT2D eigenvalue weighted by Crippen LogP contribution is -2.47. The highest BCUT2D eigenvalue weighted by atomic mass is 16.5. The Labute approximate surface area is 105 Å². The number of carbonyl (C=O) groups excluding carboxylic acids is 1. The Bertz CT molecular complexity index is 472. The van der Waals surface area contributed by atoms with E-state index in [1.807, 2.05) is 0 Å². The summed E-state index contributed by atoms with van der Waals surface area (Å²) in [5.41, 5.74) is -0.876. The topological polar surface area (TPSA) is 78.8 Å². The summed E-state index contributed by atoms with van der Waals surface area (Å²) in [6.45, 7) is 1.70. The Morgan fingerprint density at radius 3 is 2.44 bits per heavy atom. The van der Waals surface area contributed by atoms with Crippen LogP contribution in [0.25, 0.3) is 0 Å². The van der Waals surface area contributed by atoms with E-state index in [9.17, 15) is 15.0 Å². The van der Waals surface area contributed by atoms with Crippen LogP contribution in [0.1, 0.15) is 12.5 Å². The SMILES string of the molecule is C#CCNC(C)(C(=O)OC)c1cc(O)cc(O)c1. The number of carbonyl (C=O) groups is 1. The summed E-state index contributed by atoms with van der Waals surface area (Å²) >= 11 is 0. The first-order valence-electron chi connectivity index (χ1n) is 5.24. The minimum Gasteiger partial charge on any atom is -0.508 e. The van der Waals surface area contributed by atoms with Gasteiger partial charge in [0, 0.05) is 6.07 Å². The molecule has 1 unspecified atom stereocenters. The van der Waals surface area contributed by atoms with Crippen molar-refractivity contribution in [2.45, 2.75) is 12.5 Å². The van der Waals surface area contributed by atoms with E-state index in [1.54, 1.807) is 6.92 Å². The Morgan fingerprint density at radius 2 is 2.00 bits per heavy atom. The third kappa shape index (κ3) is 2.73. The summed E-state index contributed by atoms with van der Waals surface area (Å²) in [6, 6.07) is 3.89. The molecule has 0 amide bonds. The highest BCUT2D eigenvalue weighted by molar-refractivity contribution is 5.82. The van der Waals surface area contributed by atoms with Gasteiger partial charge in [-0.2, -0.15) is 0 Å². The zero-order valence-corrected chi connectivity index (χ0v) is 10.2. The lowest BCUT2D eigenvalue weighted by molar-refractivity contribution is -0.148. The number of ether oxygens (including phenoxy) is 1. The molecule has 0 aliphatic carbocycles. The number of phenolic OH excluding ortho intramolecular Hbond substituents is 2. The number of terminal acetylenes is 1. The highest BCUT2D eigenvalue weighted by Gasteiger charge is 2.36. The molecule has 0 bridgehead atoms. The normalized spacial score (nSPS) is 13.4. The average Bonchev–Trinajstić information content (AvgIpc) is 2.33. The summed E-state index contributed by atoms with van der Waals surface area (Å²) in [5.74, 6) is 1.49. The van der Waals surface area contributed by atoms with E-state index in [0.717, 1.165) is 0 Å². The zero-order chi connectivity index (χ0) is 13.8. The molecule has 0 saturated carbocycles. The number of nitrogens with one attached hydrogen (secondary N) is 1. The van der Waals surface area contributed by atoms with Gasteiger partial charge in [-0.3, -0.25) is 5.32 Å². The van der Waals surface area contributed by atoms with Crippen molar-refractivity contribution in [1.29, 1.82) is 0 Å². The first-order chi connectivity index (χ1) is 8.43. The second-order valence-corrected chi connectivity index (χ2v) is 3.91. The molecule has 0 radical (unpaired) electrons. The predicted octanol–water partition coefficient (Wildman–Crippen LogP) is 0.709. The van der Waals surface area contributed by atoms with E-state index in [4.69, 9.17) is 11.2 Å².